The van der Waals surface area contributed by atoms with Crippen molar-refractivity contribution < 1.29 is 4.74 Å². The maximum Gasteiger partial charge on any atom is 0.185 e. The van der Waals surface area contributed by atoms with Crippen molar-refractivity contribution in [3.8, 4) is 5.75 Å². The first-order valence-electron chi connectivity index (χ1n) is 9.23. The molecule has 2 aromatic rings. The summed E-state index contributed by atoms with van der Waals surface area (Å²) < 4.78 is 6.42. The van der Waals surface area contributed by atoms with Crippen LogP contribution in [0.3, 0.4) is 0 Å². The van der Waals surface area contributed by atoms with Crippen molar-refractivity contribution in [2.45, 2.75) is 31.2 Å². The molecule has 0 saturated carbocycles. The standard InChI is InChI=1S/C22H19N3O/c1-2-7-15(8-3-1)25-21-16(12-14-6-4-5-9-18(14)24-21)20-17-13-23-11-10-19(17)26-22(20)25/h2,4-13,20-22,24H,1,3H2. The van der Waals surface area contributed by atoms with Gasteiger partial charge in [0.05, 0.1) is 5.92 Å². The van der Waals surface area contributed by atoms with Crippen LogP contribution >= 0.6 is 0 Å². The number of ether oxygens (including phenoxy) is 1. The van der Waals surface area contributed by atoms with Gasteiger partial charge in [0.2, 0.25) is 0 Å². The van der Waals surface area contributed by atoms with Gasteiger partial charge in [-0.05, 0) is 48.3 Å². The van der Waals surface area contributed by atoms with E-state index in [1.54, 1.807) is 0 Å². The van der Waals surface area contributed by atoms with Crippen molar-refractivity contribution in [3.63, 3.8) is 0 Å². The van der Waals surface area contributed by atoms with E-state index in [9.17, 15) is 0 Å². The van der Waals surface area contributed by atoms with Crippen LogP contribution < -0.4 is 10.1 Å². The summed E-state index contributed by atoms with van der Waals surface area (Å²) in [6, 6.07) is 10.5. The second-order valence-electron chi connectivity index (χ2n) is 7.19. The first kappa shape index (κ1) is 14.2. The largest absolute Gasteiger partial charge is 0.469 e. The Balaban J connectivity index is 1.53. The van der Waals surface area contributed by atoms with Gasteiger partial charge in [-0.3, -0.25) is 4.98 Å². The topological polar surface area (TPSA) is 37.4 Å². The fourth-order valence-corrected chi connectivity index (χ4v) is 4.62. The van der Waals surface area contributed by atoms with Crippen LogP contribution in [0.15, 0.2) is 72.2 Å². The molecule has 0 spiro atoms. The van der Waals surface area contributed by atoms with Gasteiger partial charge in [-0.25, -0.2) is 0 Å². The van der Waals surface area contributed by atoms with E-state index in [-0.39, 0.29) is 18.3 Å². The normalized spacial score (nSPS) is 27.4. The molecule has 0 amide bonds. The average molecular weight is 341 g/mol. The molecular weight excluding hydrogens is 322 g/mol. The number of hydrogen-bond acceptors (Lipinski definition) is 4. The van der Waals surface area contributed by atoms with Gasteiger partial charge in [0.15, 0.2) is 6.23 Å². The Morgan fingerprint density at radius 3 is 3.04 bits per heavy atom. The lowest BCUT2D eigenvalue weighted by molar-refractivity contribution is 0.0825. The zero-order valence-corrected chi connectivity index (χ0v) is 14.3. The van der Waals surface area contributed by atoms with Crippen molar-refractivity contribution in [1.82, 2.24) is 9.88 Å². The van der Waals surface area contributed by atoms with Crippen molar-refractivity contribution in [1.29, 1.82) is 0 Å². The zero-order valence-electron chi connectivity index (χ0n) is 14.3. The lowest BCUT2D eigenvalue weighted by Gasteiger charge is -2.35. The van der Waals surface area contributed by atoms with Crippen LogP contribution in [0.2, 0.25) is 0 Å². The van der Waals surface area contributed by atoms with Crippen molar-refractivity contribution in [3.05, 3.63) is 83.4 Å². The van der Waals surface area contributed by atoms with Crippen LogP contribution in [-0.2, 0) is 0 Å². The molecule has 3 aliphatic heterocycles. The van der Waals surface area contributed by atoms with E-state index in [1.807, 2.05) is 18.5 Å². The fraction of sp³-hybridized carbons (Fsp3) is 0.227. The van der Waals surface area contributed by atoms with Crippen LogP contribution in [0.4, 0.5) is 5.69 Å². The lowest BCUT2D eigenvalue weighted by atomic mass is 9.90. The molecular formula is C22H19N3O. The molecule has 4 heterocycles. The average Bonchev–Trinajstić information content (AvgIpc) is 3.21. The summed E-state index contributed by atoms with van der Waals surface area (Å²) in [5.74, 6) is 1.17. The smallest absolute Gasteiger partial charge is 0.185 e. The van der Waals surface area contributed by atoms with Crippen LogP contribution in [0, 0.1) is 0 Å². The molecule has 1 aromatic heterocycles. The van der Waals surface area contributed by atoms with Gasteiger partial charge < -0.3 is 15.0 Å². The fourth-order valence-electron chi connectivity index (χ4n) is 4.62. The highest BCUT2D eigenvalue weighted by molar-refractivity contribution is 5.76. The molecule has 4 aliphatic rings. The van der Waals surface area contributed by atoms with Crippen molar-refractivity contribution in [2.75, 3.05) is 5.32 Å². The maximum absolute atomic E-state index is 6.42. The van der Waals surface area contributed by atoms with Crippen LogP contribution in [0.25, 0.3) is 6.08 Å². The minimum absolute atomic E-state index is 0.0266. The first-order chi connectivity index (χ1) is 12.9. The number of rotatable bonds is 1. The summed E-state index contributed by atoms with van der Waals surface area (Å²) in [5, 5.41) is 3.75. The number of pyridine rings is 1. The van der Waals surface area contributed by atoms with Crippen molar-refractivity contribution in [2.24, 2.45) is 0 Å². The molecule has 0 bridgehead atoms. The minimum Gasteiger partial charge on any atom is -0.469 e. The van der Waals surface area contributed by atoms with E-state index in [1.165, 1.54) is 28.1 Å². The predicted octanol–water partition coefficient (Wildman–Crippen LogP) is 4.27. The molecule has 128 valence electrons. The number of allylic oxidation sites excluding steroid dienone is 3. The van der Waals surface area contributed by atoms with Gasteiger partial charge in [0.1, 0.15) is 11.9 Å². The molecule has 4 nitrogen and oxygen atoms in total. The molecule has 1 fully saturated rings. The quantitative estimate of drug-likeness (QED) is 0.841. The highest BCUT2D eigenvalue weighted by Gasteiger charge is 2.53. The third-order valence-electron chi connectivity index (χ3n) is 5.75. The Bertz CT molecular complexity index is 990. The van der Waals surface area contributed by atoms with E-state index < -0.39 is 0 Å². The maximum atomic E-state index is 6.42. The summed E-state index contributed by atoms with van der Waals surface area (Å²) in [7, 11) is 0. The molecule has 1 aromatic carbocycles. The molecule has 3 atom stereocenters. The molecule has 1 saturated heterocycles. The molecule has 1 aliphatic carbocycles. The third kappa shape index (κ3) is 1.87. The Kier molecular flexibility index (Phi) is 2.86. The summed E-state index contributed by atoms with van der Waals surface area (Å²) >= 11 is 0. The number of hydrogen-bond donors (Lipinski definition) is 1. The number of nitrogens with zero attached hydrogens (tertiary/aromatic N) is 2. The van der Waals surface area contributed by atoms with Crippen LogP contribution in [-0.4, -0.2) is 22.3 Å². The monoisotopic (exact) mass is 341 g/mol. The number of benzene rings is 1. The van der Waals surface area contributed by atoms with E-state index in [2.05, 4.69) is 63.8 Å². The van der Waals surface area contributed by atoms with Gasteiger partial charge in [0, 0.05) is 29.3 Å². The number of nitrogens with one attached hydrogen (secondary N) is 1. The Labute approximate surface area is 152 Å². The molecule has 4 heteroatoms. The van der Waals surface area contributed by atoms with Crippen LogP contribution in [0.1, 0.15) is 29.9 Å². The van der Waals surface area contributed by atoms with Gasteiger partial charge in [-0.15, -0.1) is 0 Å². The number of likely N-dealkylation sites (tertiary alicyclic amines) is 1. The number of anilines is 1. The molecule has 26 heavy (non-hydrogen) atoms. The van der Waals surface area contributed by atoms with Gasteiger partial charge in [0.25, 0.3) is 0 Å². The number of para-hydroxylation sites is 1. The second-order valence-corrected chi connectivity index (χ2v) is 7.19. The number of fused-ring (bicyclic) bond motifs is 6. The lowest BCUT2D eigenvalue weighted by Crippen LogP contribution is -2.43. The molecule has 3 unspecified atom stereocenters. The van der Waals surface area contributed by atoms with Crippen molar-refractivity contribution >= 4 is 11.8 Å². The summed E-state index contributed by atoms with van der Waals surface area (Å²) in [4.78, 5) is 6.77. The van der Waals surface area contributed by atoms with Crippen LogP contribution in [0.5, 0.6) is 5.75 Å². The minimum atomic E-state index is -0.0266. The predicted molar refractivity (Wildman–Crippen MR) is 102 cm³/mol. The SMILES string of the molecule is C1=CC(N2C3Nc4ccccc4C=C3C3c4cnccc4OC32)=CCC1. The number of aromatic nitrogens is 1. The highest BCUT2D eigenvalue weighted by atomic mass is 16.5. The first-order valence-corrected chi connectivity index (χ1v) is 9.23. The van der Waals surface area contributed by atoms with E-state index in [0.717, 1.165) is 18.6 Å². The Morgan fingerprint density at radius 2 is 2.12 bits per heavy atom. The zero-order chi connectivity index (χ0) is 17.1. The van der Waals surface area contributed by atoms with Gasteiger partial charge >= 0.3 is 0 Å². The Morgan fingerprint density at radius 1 is 1.15 bits per heavy atom. The highest BCUT2D eigenvalue weighted by Crippen LogP contribution is 2.53. The van der Waals surface area contributed by atoms with E-state index >= 15 is 0 Å². The van der Waals surface area contributed by atoms with Gasteiger partial charge in [-0.1, -0.05) is 30.4 Å². The Hall–Kier alpha value is -3.01. The molecule has 1 N–H and O–H groups in total. The molecule has 6 rings (SSSR count). The van der Waals surface area contributed by atoms with Gasteiger partial charge in [-0.2, -0.15) is 0 Å². The van der Waals surface area contributed by atoms with E-state index in [0.29, 0.717) is 0 Å². The molecule has 0 radical (unpaired) electrons. The third-order valence-corrected chi connectivity index (χ3v) is 5.75. The summed E-state index contributed by atoms with van der Waals surface area (Å²) in [6.45, 7) is 0. The summed E-state index contributed by atoms with van der Waals surface area (Å²) in [6.07, 6.45) is 15.2. The second kappa shape index (κ2) is 5.24. The summed E-state index contributed by atoms with van der Waals surface area (Å²) in [5.41, 5.74) is 6.22. The van der Waals surface area contributed by atoms with E-state index in [4.69, 9.17) is 4.74 Å².